The summed E-state index contributed by atoms with van der Waals surface area (Å²) in [6.07, 6.45) is 7.45. The number of rotatable bonds is 7. The van der Waals surface area contributed by atoms with E-state index in [1.54, 1.807) is 0 Å². The molecule has 0 heterocycles. The average molecular weight is 318 g/mol. The summed E-state index contributed by atoms with van der Waals surface area (Å²) in [5.41, 5.74) is 6.99. The molecule has 2 unspecified atom stereocenters. The van der Waals surface area contributed by atoms with Crippen LogP contribution in [-0.4, -0.2) is 18.1 Å². The Kier molecular flexibility index (Phi) is 6.90. The van der Waals surface area contributed by atoms with Crippen molar-refractivity contribution in [2.75, 3.05) is 0 Å². The van der Waals surface area contributed by atoms with Gasteiger partial charge in [0.2, 0.25) is 5.91 Å². The molecule has 3 N–H and O–H groups in total. The van der Waals surface area contributed by atoms with E-state index < -0.39 is 6.04 Å². The lowest BCUT2D eigenvalue weighted by molar-refractivity contribution is -0.123. The topological polar surface area (TPSA) is 64.4 Å². The highest BCUT2D eigenvalue weighted by Gasteiger charge is 2.19. The fourth-order valence-electron chi connectivity index (χ4n) is 2.88. The third-order valence-corrected chi connectivity index (χ3v) is 4.80. The second-order valence-corrected chi connectivity index (χ2v) is 6.65. The highest BCUT2D eigenvalue weighted by molar-refractivity contribution is 5.81. The number of amides is 1. The molecule has 1 saturated carbocycles. The molecule has 2 atom stereocenters. The molecular formula is C19H30N2O2. The first-order valence-corrected chi connectivity index (χ1v) is 8.89. The van der Waals surface area contributed by atoms with Crippen LogP contribution >= 0.6 is 0 Å². The second kappa shape index (κ2) is 8.92. The van der Waals surface area contributed by atoms with Gasteiger partial charge in [-0.1, -0.05) is 38.8 Å². The second-order valence-electron chi connectivity index (χ2n) is 6.65. The van der Waals surface area contributed by atoms with E-state index in [-0.39, 0.29) is 11.8 Å². The Bertz CT molecular complexity index is 481. The zero-order valence-electron chi connectivity index (χ0n) is 14.4. The Balaban J connectivity index is 1.79. The first-order valence-electron chi connectivity index (χ1n) is 8.89. The SMILES string of the molecule is CCC(C)C(N)C(=O)NCc1ccc(OC2CCCCC2)cc1. The highest BCUT2D eigenvalue weighted by Crippen LogP contribution is 2.23. The van der Waals surface area contributed by atoms with Crippen molar-refractivity contribution in [3.63, 3.8) is 0 Å². The maximum Gasteiger partial charge on any atom is 0.237 e. The summed E-state index contributed by atoms with van der Waals surface area (Å²) in [6, 6.07) is 7.56. The molecule has 1 fully saturated rings. The molecule has 2 rings (SSSR count). The van der Waals surface area contributed by atoms with Crippen molar-refractivity contribution in [2.24, 2.45) is 11.7 Å². The van der Waals surface area contributed by atoms with Crippen LogP contribution in [0.4, 0.5) is 0 Å². The molecule has 4 nitrogen and oxygen atoms in total. The fraction of sp³-hybridized carbons (Fsp3) is 0.632. The smallest absolute Gasteiger partial charge is 0.237 e. The van der Waals surface area contributed by atoms with Gasteiger partial charge in [0, 0.05) is 6.54 Å². The molecule has 23 heavy (non-hydrogen) atoms. The summed E-state index contributed by atoms with van der Waals surface area (Å²) in [4.78, 5) is 12.0. The van der Waals surface area contributed by atoms with E-state index in [0.717, 1.165) is 30.6 Å². The number of carbonyl (C=O) groups is 1. The van der Waals surface area contributed by atoms with Crippen molar-refractivity contribution in [3.8, 4) is 5.75 Å². The lowest BCUT2D eigenvalue weighted by atomic mass is 9.98. The molecule has 0 radical (unpaired) electrons. The van der Waals surface area contributed by atoms with E-state index in [0.29, 0.717) is 12.6 Å². The van der Waals surface area contributed by atoms with Gasteiger partial charge in [0.25, 0.3) is 0 Å². The largest absolute Gasteiger partial charge is 0.490 e. The quantitative estimate of drug-likeness (QED) is 0.810. The predicted octanol–water partition coefficient (Wildman–Crippen LogP) is 3.39. The van der Waals surface area contributed by atoms with E-state index in [2.05, 4.69) is 5.32 Å². The van der Waals surface area contributed by atoms with Crippen LogP contribution in [0.3, 0.4) is 0 Å². The molecular weight excluding hydrogens is 288 g/mol. The Labute approximate surface area is 139 Å². The third-order valence-electron chi connectivity index (χ3n) is 4.80. The van der Waals surface area contributed by atoms with Crippen LogP contribution < -0.4 is 15.8 Å². The van der Waals surface area contributed by atoms with Crippen LogP contribution in [-0.2, 0) is 11.3 Å². The maximum atomic E-state index is 12.0. The normalized spacial score (nSPS) is 18.2. The molecule has 0 aliphatic heterocycles. The van der Waals surface area contributed by atoms with Gasteiger partial charge in [0.05, 0.1) is 12.1 Å². The van der Waals surface area contributed by atoms with Crippen LogP contribution in [0.5, 0.6) is 5.75 Å². The molecule has 1 aromatic carbocycles. The van der Waals surface area contributed by atoms with Crippen molar-refractivity contribution in [3.05, 3.63) is 29.8 Å². The summed E-state index contributed by atoms with van der Waals surface area (Å²) in [7, 11) is 0. The molecule has 0 saturated heterocycles. The van der Waals surface area contributed by atoms with Crippen LogP contribution in [0.25, 0.3) is 0 Å². The zero-order chi connectivity index (χ0) is 16.7. The summed E-state index contributed by atoms with van der Waals surface area (Å²) >= 11 is 0. The van der Waals surface area contributed by atoms with Crippen molar-refractivity contribution < 1.29 is 9.53 Å². The number of carbonyl (C=O) groups excluding carboxylic acids is 1. The minimum absolute atomic E-state index is 0.0816. The Morgan fingerprint density at radius 1 is 1.26 bits per heavy atom. The summed E-state index contributed by atoms with van der Waals surface area (Å²) < 4.78 is 6.01. The standard InChI is InChI=1S/C19H30N2O2/c1-3-14(2)18(20)19(22)21-13-15-9-11-17(12-10-15)23-16-7-5-4-6-8-16/h9-12,14,16,18H,3-8,13,20H2,1-2H3,(H,21,22). The van der Waals surface area contributed by atoms with Gasteiger partial charge in [-0.05, 0) is 49.3 Å². The van der Waals surface area contributed by atoms with E-state index in [1.807, 2.05) is 38.1 Å². The Morgan fingerprint density at radius 3 is 2.52 bits per heavy atom. The van der Waals surface area contributed by atoms with Gasteiger partial charge in [-0.15, -0.1) is 0 Å². The predicted molar refractivity (Wildman–Crippen MR) is 93.2 cm³/mol. The van der Waals surface area contributed by atoms with Crippen molar-refractivity contribution in [1.29, 1.82) is 0 Å². The molecule has 1 aliphatic rings. The monoisotopic (exact) mass is 318 g/mol. The third kappa shape index (κ3) is 5.54. The van der Waals surface area contributed by atoms with Crippen molar-refractivity contribution in [1.82, 2.24) is 5.32 Å². The van der Waals surface area contributed by atoms with E-state index in [9.17, 15) is 4.79 Å². The fourth-order valence-corrected chi connectivity index (χ4v) is 2.88. The van der Waals surface area contributed by atoms with Crippen molar-refractivity contribution >= 4 is 5.91 Å². The first kappa shape index (κ1) is 17.8. The van der Waals surface area contributed by atoms with Gasteiger partial charge in [-0.2, -0.15) is 0 Å². The van der Waals surface area contributed by atoms with Gasteiger partial charge in [-0.3, -0.25) is 4.79 Å². The number of ether oxygens (including phenoxy) is 1. The number of hydrogen-bond acceptors (Lipinski definition) is 3. The summed E-state index contributed by atoms with van der Waals surface area (Å²) in [5.74, 6) is 1.03. The van der Waals surface area contributed by atoms with E-state index in [4.69, 9.17) is 10.5 Å². The minimum Gasteiger partial charge on any atom is -0.490 e. The molecule has 0 aromatic heterocycles. The number of nitrogens with one attached hydrogen (secondary N) is 1. The number of benzene rings is 1. The molecule has 128 valence electrons. The molecule has 0 bridgehead atoms. The van der Waals surface area contributed by atoms with Crippen molar-refractivity contribution in [2.45, 2.75) is 71.1 Å². The molecule has 1 aliphatic carbocycles. The van der Waals surface area contributed by atoms with Crippen LogP contribution in [0, 0.1) is 5.92 Å². The highest BCUT2D eigenvalue weighted by atomic mass is 16.5. The van der Waals surface area contributed by atoms with Crippen LogP contribution in [0.1, 0.15) is 57.9 Å². The molecule has 1 aromatic rings. The van der Waals surface area contributed by atoms with Gasteiger partial charge < -0.3 is 15.8 Å². The minimum atomic E-state index is -0.436. The van der Waals surface area contributed by atoms with E-state index >= 15 is 0 Å². The number of nitrogens with two attached hydrogens (primary N) is 1. The average Bonchev–Trinajstić information content (AvgIpc) is 2.60. The Hall–Kier alpha value is -1.55. The number of hydrogen-bond donors (Lipinski definition) is 2. The molecule has 1 amide bonds. The lowest BCUT2D eigenvalue weighted by Crippen LogP contribution is -2.44. The lowest BCUT2D eigenvalue weighted by Gasteiger charge is -2.23. The van der Waals surface area contributed by atoms with Gasteiger partial charge in [0.15, 0.2) is 0 Å². The van der Waals surface area contributed by atoms with Crippen LogP contribution in [0.2, 0.25) is 0 Å². The molecule has 4 heteroatoms. The summed E-state index contributed by atoms with van der Waals surface area (Å²) in [6.45, 7) is 4.55. The van der Waals surface area contributed by atoms with Crippen LogP contribution in [0.15, 0.2) is 24.3 Å². The van der Waals surface area contributed by atoms with Gasteiger partial charge in [-0.25, -0.2) is 0 Å². The zero-order valence-corrected chi connectivity index (χ0v) is 14.4. The van der Waals surface area contributed by atoms with Gasteiger partial charge >= 0.3 is 0 Å². The molecule has 0 spiro atoms. The Morgan fingerprint density at radius 2 is 1.91 bits per heavy atom. The van der Waals surface area contributed by atoms with E-state index in [1.165, 1.54) is 19.3 Å². The summed E-state index contributed by atoms with van der Waals surface area (Å²) in [5, 5.41) is 2.91. The maximum absolute atomic E-state index is 12.0. The first-order chi connectivity index (χ1) is 11.1. The van der Waals surface area contributed by atoms with Gasteiger partial charge in [0.1, 0.15) is 5.75 Å².